The van der Waals surface area contributed by atoms with E-state index in [1.165, 1.54) is 12.1 Å². The molecule has 92 valence electrons. The minimum atomic E-state index is -0.309. The predicted molar refractivity (Wildman–Crippen MR) is 64.0 cm³/mol. The van der Waals surface area contributed by atoms with Crippen LogP contribution in [-0.4, -0.2) is 29.9 Å². The van der Waals surface area contributed by atoms with Crippen LogP contribution in [0.5, 0.6) is 0 Å². The highest BCUT2D eigenvalue weighted by Crippen LogP contribution is 2.21. The molecule has 4 heteroatoms. The molecule has 1 fully saturated rings. The first kappa shape index (κ1) is 12.0. The SMILES string of the molecule is CC(C(=O)N1CC[C@H](N)C1)c1cccc(F)c1. The van der Waals surface area contributed by atoms with Gasteiger partial charge in [0.1, 0.15) is 5.82 Å². The summed E-state index contributed by atoms with van der Waals surface area (Å²) in [6, 6.07) is 6.29. The lowest BCUT2D eigenvalue weighted by atomic mass is 10.00. The van der Waals surface area contributed by atoms with E-state index in [0.717, 1.165) is 12.0 Å². The fourth-order valence-corrected chi connectivity index (χ4v) is 2.18. The van der Waals surface area contributed by atoms with Crippen LogP contribution >= 0.6 is 0 Å². The van der Waals surface area contributed by atoms with Gasteiger partial charge in [0.2, 0.25) is 5.91 Å². The molecule has 2 N–H and O–H groups in total. The van der Waals surface area contributed by atoms with Crippen molar-refractivity contribution in [1.82, 2.24) is 4.90 Å². The smallest absolute Gasteiger partial charge is 0.229 e. The van der Waals surface area contributed by atoms with E-state index in [2.05, 4.69) is 0 Å². The number of hydrogen-bond acceptors (Lipinski definition) is 2. The molecule has 2 rings (SSSR count). The van der Waals surface area contributed by atoms with Crippen molar-refractivity contribution in [3.63, 3.8) is 0 Å². The molecule has 0 bridgehead atoms. The molecule has 1 aliphatic heterocycles. The average molecular weight is 236 g/mol. The van der Waals surface area contributed by atoms with Crippen molar-refractivity contribution in [2.45, 2.75) is 25.3 Å². The second kappa shape index (κ2) is 4.84. The van der Waals surface area contributed by atoms with Crippen molar-refractivity contribution in [3.05, 3.63) is 35.6 Å². The van der Waals surface area contributed by atoms with Crippen LogP contribution in [-0.2, 0) is 4.79 Å². The second-order valence-electron chi connectivity index (χ2n) is 4.61. The summed E-state index contributed by atoms with van der Waals surface area (Å²) in [6.07, 6.45) is 0.849. The molecule has 0 radical (unpaired) electrons. The minimum absolute atomic E-state index is 0.0311. The number of halogens is 1. The van der Waals surface area contributed by atoms with Crippen LogP contribution in [0.4, 0.5) is 4.39 Å². The van der Waals surface area contributed by atoms with E-state index in [9.17, 15) is 9.18 Å². The Balaban J connectivity index is 2.09. The first-order valence-electron chi connectivity index (χ1n) is 5.88. The van der Waals surface area contributed by atoms with Gasteiger partial charge in [-0.05, 0) is 31.0 Å². The summed E-state index contributed by atoms with van der Waals surface area (Å²) in [6.45, 7) is 3.12. The highest BCUT2D eigenvalue weighted by Gasteiger charge is 2.27. The molecule has 17 heavy (non-hydrogen) atoms. The molecule has 1 saturated heterocycles. The van der Waals surface area contributed by atoms with Crippen LogP contribution in [0.1, 0.15) is 24.8 Å². The number of benzene rings is 1. The maximum atomic E-state index is 13.1. The van der Waals surface area contributed by atoms with E-state index in [1.807, 2.05) is 0 Å². The molecular formula is C13H17FN2O. The standard InChI is InChI=1S/C13H17FN2O/c1-9(10-3-2-4-11(14)7-10)13(17)16-6-5-12(15)8-16/h2-4,7,9,12H,5-6,8,15H2,1H3/t9?,12-/m0/s1. The molecule has 3 nitrogen and oxygen atoms in total. The van der Waals surface area contributed by atoms with Gasteiger partial charge in [-0.25, -0.2) is 4.39 Å². The summed E-state index contributed by atoms with van der Waals surface area (Å²) in [4.78, 5) is 13.9. The molecule has 0 aromatic heterocycles. The largest absolute Gasteiger partial charge is 0.341 e. The zero-order chi connectivity index (χ0) is 12.4. The van der Waals surface area contributed by atoms with Crippen molar-refractivity contribution >= 4 is 5.91 Å². The van der Waals surface area contributed by atoms with E-state index in [-0.39, 0.29) is 23.7 Å². The summed E-state index contributed by atoms with van der Waals surface area (Å²) < 4.78 is 13.1. The van der Waals surface area contributed by atoms with Gasteiger partial charge in [0.05, 0.1) is 5.92 Å². The zero-order valence-corrected chi connectivity index (χ0v) is 9.90. The normalized spacial score (nSPS) is 21.6. The monoisotopic (exact) mass is 236 g/mol. The maximum absolute atomic E-state index is 13.1. The Morgan fingerprint density at radius 3 is 2.94 bits per heavy atom. The van der Waals surface area contributed by atoms with E-state index in [4.69, 9.17) is 5.73 Å². The summed E-state index contributed by atoms with van der Waals surface area (Å²) in [5.41, 5.74) is 6.49. The van der Waals surface area contributed by atoms with Gasteiger partial charge in [-0.1, -0.05) is 12.1 Å². The summed E-state index contributed by atoms with van der Waals surface area (Å²) >= 11 is 0. The average Bonchev–Trinajstić information content (AvgIpc) is 2.74. The Morgan fingerprint density at radius 2 is 2.35 bits per heavy atom. The number of rotatable bonds is 2. The van der Waals surface area contributed by atoms with Crippen molar-refractivity contribution in [1.29, 1.82) is 0 Å². The Labute approximate surface area is 100 Å². The Hall–Kier alpha value is -1.42. The van der Waals surface area contributed by atoms with Crippen molar-refractivity contribution in [3.8, 4) is 0 Å². The maximum Gasteiger partial charge on any atom is 0.229 e. The summed E-state index contributed by atoms with van der Waals surface area (Å²) in [5.74, 6) is -0.583. The van der Waals surface area contributed by atoms with Gasteiger partial charge in [-0.2, -0.15) is 0 Å². The first-order valence-corrected chi connectivity index (χ1v) is 5.88. The van der Waals surface area contributed by atoms with Crippen molar-refractivity contribution < 1.29 is 9.18 Å². The van der Waals surface area contributed by atoms with Gasteiger partial charge in [-0.3, -0.25) is 4.79 Å². The number of amides is 1. The van der Waals surface area contributed by atoms with Crippen LogP contribution in [0.25, 0.3) is 0 Å². The third-order valence-corrected chi connectivity index (χ3v) is 3.26. The molecule has 1 aromatic rings. The summed E-state index contributed by atoms with van der Waals surface area (Å²) in [7, 11) is 0. The fourth-order valence-electron chi connectivity index (χ4n) is 2.18. The number of carbonyl (C=O) groups is 1. The van der Waals surface area contributed by atoms with Gasteiger partial charge in [0, 0.05) is 19.1 Å². The minimum Gasteiger partial charge on any atom is -0.341 e. The number of hydrogen-bond donors (Lipinski definition) is 1. The molecule has 1 unspecified atom stereocenters. The van der Waals surface area contributed by atoms with Gasteiger partial charge in [0.15, 0.2) is 0 Å². The molecule has 0 spiro atoms. The lowest BCUT2D eigenvalue weighted by Gasteiger charge is -2.20. The third-order valence-electron chi connectivity index (χ3n) is 3.26. The highest BCUT2D eigenvalue weighted by molar-refractivity contribution is 5.83. The molecule has 2 atom stereocenters. The number of likely N-dealkylation sites (tertiary alicyclic amines) is 1. The Kier molecular flexibility index (Phi) is 3.43. The van der Waals surface area contributed by atoms with E-state index < -0.39 is 0 Å². The van der Waals surface area contributed by atoms with E-state index in [0.29, 0.717) is 13.1 Å². The molecular weight excluding hydrogens is 219 g/mol. The second-order valence-corrected chi connectivity index (χ2v) is 4.61. The van der Waals surface area contributed by atoms with Crippen LogP contribution in [0.15, 0.2) is 24.3 Å². The van der Waals surface area contributed by atoms with Gasteiger partial charge in [0.25, 0.3) is 0 Å². The lowest BCUT2D eigenvalue weighted by molar-refractivity contribution is -0.131. The van der Waals surface area contributed by atoms with E-state index in [1.54, 1.807) is 24.0 Å². The van der Waals surface area contributed by atoms with Gasteiger partial charge in [-0.15, -0.1) is 0 Å². The predicted octanol–water partition coefficient (Wildman–Crippen LogP) is 1.49. The lowest BCUT2D eigenvalue weighted by Crippen LogP contribution is -2.34. The van der Waals surface area contributed by atoms with Crippen LogP contribution in [0.2, 0.25) is 0 Å². The quantitative estimate of drug-likeness (QED) is 0.845. The Bertz CT molecular complexity index is 422. The van der Waals surface area contributed by atoms with Gasteiger partial charge >= 0.3 is 0 Å². The Morgan fingerprint density at radius 1 is 1.59 bits per heavy atom. The van der Waals surface area contributed by atoms with E-state index >= 15 is 0 Å². The van der Waals surface area contributed by atoms with Crippen LogP contribution < -0.4 is 5.73 Å². The third kappa shape index (κ3) is 2.64. The molecule has 1 amide bonds. The highest BCUT2D eigenvalue weighted by atomic mass is 19.1. The molecule has 1 heterocycles. The number of nitrogens with zero attached hydrogens (tertiary/aromatic N) is 1. The molecule has 1 aromatic carbocycles. The molecule has 1 aliphatic rings. The van der Waals surface area contributed by atoms with Crippen LogP contribution in [0.3, 0.4) is 0 Å². The summed E-state index contributed by atoms with van der Waals surface area (Å²) in [5, 5.41) is 0. The zero-order valence-electron chi connectivity index (χ0n) is 9.90. The fraction of sp³-hybridized carbons (Fsp3) is 0.462. The van der Waals surface area contributed by atoms with Gasteiger partial charge < -0.3 is 10.6 Å². The molecule has 0 saturated carbocycles. The van der Waals surface area contributed by atoms with Crippen LogP contribution in [0, 0.1) is 5.82 Å². The molecule has 0 aliphatic carbocycles. The first-order chi connectivity index (χ1) is 8.08. The number of carbonyl (C=O) groups excluding carboxylic acids is 1. The number of nitrogens with two attached hydrogens (primary N) is 1. The van der Waals surface area contributed by atoms with Crippen molar-refractivity contribution in [2.24, 2.45) is 5.73 Å². The topological polar surface area (TPSA) is 46.3 Å². The van der Waals surface area contributed by atoms with Crippen molar-refractivity contribution in [2.75, 3.05) is 13.1 Å².